The number of hydrogen-bond acceptors (Lipinski definition) is 4. The van der Waals surface area contributed by atoms with Gasteiger partial charge in [0.1, 0.15) is 6.04 Å². The second-order valence-electron chi connectivity index (χ2n) is 3.04. The first-order valence-corrected chi connectivity index (χ1v) is 4.21. The van der Waals surface area contributed by atoms with E-state index in [2.05, 4.69) is 10.1 Å². The highest BCUT2D eigenvalue weighted by molar-refractivity contribution is 5.83. The molecule has 1 rings (SSSR count). The van der Waals surface area contributed by atoms with Gasteiger partial charge >= 0.3 is 11.9 Å². The number of methoxy groups -OCH3 is 1. The number of esters is 1. The van der Waals surface area contributed by atoms with Crippen LogP contribution >= 0.6 is 0 Å². The molecule has 1 heterocycles. The molecule has 13 heavy (non-hydrogen) atoms. The van der Waals surface area contributed by atoms with Crippen LogP contribution in [0.2, 0.25) is 0 Å². The van der Waals surface area contributed by atoms with Crippen LogP contribution in [0, 0.1) is 5.92 Å². The van der Waals surface area contributed by atoms with E-state index in [0.717, 1.165) is 6.42 Å². The van der Waals surface area contributed by atoms with E-state index in [1.807, 2.05) is 0 Å². The molecule has 1 aliphatic heterocycles. The highest BCUT2D eigenvalue weighted by atomic mass is 16.5. The molecule has 0 aliphatic carbocycles. The van der Waals surface area contributed by atoms with E-state index >= 15 is 0 Å². The van der Waals surface area contributed by atoms with Crippen LogP contribution in [-0.4, -0.2) is 36.7 Å². The first kappa shape index (κ1) is 9.98. The molecule has 5 heteroatoms. The van der Waals surface area contributed by atoms with E-state index in [0.29, 0.717) is 13.0 Å². The third kappa shape index (κ3) is 2.18. The van der Waals surface area contributed by atoms with Crippen LogP contribution in [0.1, 0.15) is 12.8 Å². The molecule has 1 fully saturated rings. The summed E-state index contributed by atoms with van der Waals surface area (Å²) < 4.78 is 4.53. The van der Waals surface area contributed by atoms with Crippen LogP contribution < -0.4 is 5.32 Å². The quantitative estimate of drug-likeness (QED) is 0.576. The van der Waals surface area contributed by atoms with Crippen molar-refractivity contribution in [1.82, 2.24) is 5.32 Å². The monoisotopic (exact) mass is 187 g/mol. The van der Waals surface area contributed by atoms with Crippen molar-refractivity contribution in [2.75, 3.05) is 13.7 Å². The van der Waals surface area contributed by atoms with Gasteiger partial charge in [-0.05, 0) is 19.4 Å². The van der Waals surface area contributed by atoms with Gasteiger partial charge in [-0.3, -0.25) is 9.59 Å². The summed E-state index contributed by atoms with van der Waals surface area (Å²) in [5, 5.41) is 11.6. The molecule has 0 bridgehead atoms. The molecule has 5 nitrogen and oxygen atoms in total. The Balaban J connectivity index is 2.67. The van der Waals surface area contributed by atoms with Gasteiger partial charge in [0.05, 0.1) is 13.0 Å². The van der Waals surface area contributed by atoms with E-state index in [1.165, 1.54) is 7.11 Å². The predicted molar refractivity (Wildman–Crippen MR) is 44.2 cm³/mol. The van der Waals surface area contributed by atoms with Crippen molar-refractivity contribution >= 4 is 11.9 Å². The first-order chi connectivity index (χ1) is 6.16. The van der Waals surface area contributed by atoms with Crippen LogP contribution in [-0.2, 0) is 14.3 Å². The Bertz CT molecular complexity index is 216. The number of carboxylic acid groups (broad SMARTS) is 1. The Morgan fingerprint density at radius 2 is 2.23 bits per heavy atom. The molecule has 0 aromatic heterocycles. The minimum atomic E-state index is -0.991. The van der Waals surface area contributed by atoms with Crippen molar-refractivity contribution in [3.63, 3.8) is 0 Å². The van der Waals surface area contributed by atoms with Gasteiger partial charge < -0.3 is 15.2 Å². The van der Waals surface area contributed by atoms with Crippen molar-refractivity contribution in [2.45, 2.75) is 18.9 Å². The lowest BCUT2D eigenvalue weighted by Crippen LogP contribution is -2.49. The number of carbonyl (C=O) groups is 2. The molecule has 2 unspecified atom stereocenters. The second kappa shape index (κ2) is 4.23. The Kier molecular flexibility index (Phi) is 3.25. The van der Waals surface area contributed by atoms with E-state index in [1.54, 1.807) is 0 Å². The van der Waals surface area contributed by atoms with Crippen molar-refractivity contribution in [3.05, 3.63) is 0 Å². The SMILES string of the molecule is COC(=O)C1CCCNC1C(=O)O. The lowest BCUT2D eigenvalue weighted by molar-refractivity contribution is -0.154. The highest BCUT2D eigenvalue weighted by Gasteiger charge is 2.36. The standard InChI is InChI=1S/C8H13NO4/c1-13-8(12)5-3-2-4-9-6(5)7(10)11/h5-6,9H,2-4H2,1H3,(H,10,11). The molecule has 1 saturated heterocycles. The normalized spacial score (nSPS) is 28.1. The summed E-state index contributed by atoms with van der Waals surface area (Å²) in [6, 6.07) is -0.791. The molecule has 0 saturated carbocycles. The lowest BCUT2D eigenvalue weighted by Gasteiger charge is -2.27. The van der Waals surface area contributed by atoms with Gasteiger partial charge in [-0.15, -0.1) is 0 Å². The summed E-state index contributed by atoms with van der Waals surface area (Å²) in [5.74, 6) is -1.98. The average molecular weight is 187 g/mol. The summed E-state index contributed by atoms with van der Waals surface area (Å²) in [7, 11) is 1.27. The molecule has 0 radical (unpaired) electrons. The second-order valence-corrected chi connectivity index (χ2v) is 3.04. The summed E-state index contributed by atoms with van der Waals surface area (Å²) in [4.78, 5) is 21.9. The summed E-state index contributed by atoms with van der Waals surface area (Å²) >= 11 is 0. The van der Waals surface area contributed by atoms with Gasteiger partial charge in [0, 0.05) is 0 Å². The van der Waals surface area contributed by atoms with Gasteiger partial charge in [-0.2, -0.15) is 0 Å². The lowest BCUT2D eigenvalue weighted by atomic mass is 9.91. The molecule has 1 aliphatic rings. The molecule has 0 aromatic rings. The third-order valence-electron chi connectivity index (χ3n) is 2.23. The molecule has 2 N–H and O–H groups in total. The first-order valence-electron chi connectivity index (χ1n) is 4.21. The fourth-order valence-electron chi connectivity index (χ4n) is 1.55. The van der Waals surface area contributed by atoms with Gasteiger partial charge in [0.2, 0.25) is 0 Å². The number of aliphatic carboxylic acids is 1. The van der Waals surface area contributed by atoms with Crippen molar-refractivity contribution in [2.24, 2.45) is 5.92 Å². The molecule has 0 spiro atoms. The third-order valence-corrected chi connectivity index (χ3v) is 2.23. The van der Waals surface area contributed by atoms with Crippen LogP contribution in [0.4, 0.5) is 0 Å². The fraction of sp³-hybridized carbons (Fsp3) is 0.750. The minimum Gasteiger partial charge on any atom is -0.480 e. The number of carbonyl (C=O) groups excluding carboxylic acids is 1. The van der Waals surface area contributed by atoms with Crippen LogP contribution in [0.15, 0.2) is 0 Å². The Morgan fingerprint density at radius 3 is 2.77 bits per heavy atom. The van der Waals surface area contributed by atoms with Gasteiger partial charge in [0.25, 0.3) is 0 Å². The average Bonchev–Trinajstić information content (AvgIpc) is 2.16. The number of piperidine rings is 1. The van der Waals surface area contributed by atoms with E-state index in [4.69, 9.17) is 5.11 Å². The Labute approximate surface area is 76.1 Å². The summed E-state index contributed by atoms with van der Waals surface area (Å²) in [6.45, 7) is 0.643. The molecular formula is C8H13NO4. The van der Waals surface area contributed by atoms with Crippen molar-refractivity contribution in [3.8, 4) is 0 Å². The number of nitrogens with one attached hydrogen (secondary N) is 1. The van der Waals surface area contributed by atoms with Crippen molar-refractivity contribution < 1.29 is 19.4 Å². The maximum atomic E-state index is 11.2. The fourth-order valence-corrected chi connectivity index (χ4v) is 1.55. The molecule has 2 atom stereocenters. The van der Waals surface area contributed by atoms with Crippen LogP contribution in [0.5, 0.6) is 0 Å². The Morgan fingerprint density at radius 1 is 1.54 bits per heavy atom. The molecule has 74 valence electrons. The van der Waals surface area contributed by atoms with E-state index in [-0.39, 0.29) is 0 Å². The zero-order valence-corrected chi connectivity index (χ0v) is 7.45. The number of hydrogen-bond donors (Lipinski definition) is 2. The largest absolute Gasteiger partial charge is 0.480 e. The molecule has 0 aromatic carbocycles. The zero-order valence-electron chi connectivity index (χ0n) is 7.45. The minimum absolute atomic E-state index is 0.445. The maximum Gasteiger partial charge on any atom is 0.321 e. The maximum absolute atomic E-state index is 11.2. The molecule has 0 amide bonds. The predicted octanol–water partition coefficient (Wildman–Crippen LogP) is -0.388. The van der Waals surface area contributed by atoms with E-state index < -0.39 is 23.9 Å². The summed E-state index contributed by atoms with van der Waals surface area (Å²) in [6.07, 6.45) is 1.39. The van der Waals surface area contributed by atoms with Crippen LogP contribution in [0.25, 0.3) is 0 Å². The van der Waals surface area contributed by atoms with Gasteiger partial charge in [-0.1, -0.05) is 0 Å². The van der Waals surface area contributed by atoms with Crippen LogP contribution in [0.3, 0.4) is 0 Å². The molecular weight excluding hydrogens is 174 g/mol. The van der Waals surface area contributed by atoms with E-state index in [9.17, 15) is 9.59 Å². The Hall–Kier alpha value is -1.10. The topological polar surface area (TPSA) is 75.6 Å². The van der Waals surface area contributed by atoms with Gasteiger partial charge in [0.15, 0.2) is 0 Å². The smallest absolute Gasteiger partial charge is 0.321 e. The number of carboxylic acids is 1. The summed E-state index contributed by atoms with van der Waals surface area (Å²) in [5.41, 5.74) is 0. The zero-order chi connectivity index (χ0) is 9.84. The van der Waals surface area contributed by atoms with Gasteiger partial charge in [-0.25, -0.2) is 0 Å². The number of ether oxygens (including phenoxy) is 1. The highest BCUT2D eigenvalue weighted by Crippen LogP contribution is 2.17. The number of rotatable bonds is 2. The van der Waals surface area contributed by atoms with Crippen molar-refractivity contribution in [1.29, 1.82) is 0 Å².